The average molecular weight is 319 g/mol. The van der Waals surface area contributed by atoms with Gasteiger partial charge in [-0.05, 0) is 31.7 Å². The Morgan fingerprint density at radius 2 is 2.18 bits per heavy atom. The monoisotopic (exact) mass is 319 g/mol. The molecule has 0 saturated carbocycles. The third-order valence-electron chi connectivity index (χ3n) is 3.45. The minimum Gasteiger partial charge on any atom is -0.342 e. The Bertz CT molecular complexity index is 682. The number of fused-ring (bicyclic) bond motifs is 1. The summed E-state index contributed by atoms with van der Waals surface area (Å²) in [6.07, 6.45) is 6.04. The molecule has 0 aliphatic heterocycles. The van der Waals surface area contributed by atoms with E-state index >= 15 is 0 Å². The van der Waals surface area contributed by atoms with Gasteiger partial charge in [0, 0.05) is 18.1 Å². The number of thiazole rings is 1. The van der Waals surface area contributed by atoms with E-state index in [1.807, 2.05) is 0 Å². The van der Waals surface area contributed by atoms with Crippen LogP contribution in [0.4, 0.5) is 5.13 Å². The van der Waals surface area contributed by atoms with Crippen molar-refractivity contribution in [2.45, 2.75) is 25.7 Å². The molecule has 2 heterocycles. The maximum atomic E-state index is 11.9. The van der Waals surface area contributed by atoms with Gasteiger partial charge < -0.3 is 10.6 Å². The lowest BCUT2D eigenvalue weighted by atomic mass is 10.0. The van der Waals surface area contributed by atoms with Gasteiger partial charge in [0.2, 0.25) is 5.91 Å². The van der Waals surface area contributed by atoms with Crippen molar-refractivity contribution < 1.29 is 9.59 Å². The standard InChI is InChI=1S/C14H17N5O2S/c1-19-7-6-10(18-19)13(21)15-8-12(20)17-14-16-9-4-2-3-5-11(9)22-14/h6-7H,2-5,8H2,1H3,(H,15,21)(H,16,17,20). The third kappa shape index (κ3) is 3.33. The van der Waals surface area contributed by atoms with Crippen molar-refractivity contribution in [3.63, 3.8) is 0 Å². The summed E-state index contributed by atoms with van der Waals surface area (Å²) in [7, 11) is 1.73. The summed E-state index contributed by atoms with van der Waals surface area (Å²) in [4.78, 5) is 29.4. The van der Waals surface area contributed by atoms with Crippen molar-refractivity contribution in [1.82, 2.24) is 20.1 Å². The van der Waals surface area contributed by atoms with Crippen molar-refractivity contribution in [2.24, 2.45) is 7.05 Å². The molecule has 0 bridgehead atoms. The lowest BCUT2D eigenvalue weighted by Gasteiger charge is -2.06. The number of nitrogens with zero attached hydrogens (tertiary/aromatic N) is 3. The van der Waals surface area contributed by atoms with Gasteiger partial charge in [-0.3, -0.25) is 14.3 Å². The molecule has 116 valence electrons. The fraction of sp³-hybridized carbons (Fsp3) is 0.429. The number of hydrogen-bond acceptors (Lipinski definition) is 5. The molecule has 2 N–H and O–H groups in total. The molecule has 0 saturated heterocycles. The van der Waals surface area contributed by atoms with Crippen molar-refractivity contribution in [3.05, 3.63) is 28.5 Å². The zero-order valence-corrected chi connectivity index (χ0v) is 13.1. The van der Waals surface area contributed by atoms with Gasteiger partial charge in [-0.2, -0.15) is 5.10 Å². The molecular weight excluding hydrogens is 302 g/mol. The quantitative estimate of drug-likeness (QED) is 0.884. The predicted octanol–water partition coefficient (Wildman–Crippen LogP) is 1.12. The lowest BCUT2D eigenvalue weighted by molar-refractivity contribution is -0.115. The number of rotatable bonds is 4. The Morgan fingerprint density at radius 1 is 1.36 bits per heavy atom. The van der Waals surface area contributed by atoms with Crippen molar-refractivity contribution in [3.8, 4) is 0 Å². The summed E-state index contributed by atoms with van der Waals surface area (Å²) in [5, 5.41) is 9.88. The summed E-state index contributed by atoms with van der Waals surface area (Å²) in [5.41, 5.74) is 1.39. The Morgan fingerprint density at radius 3 is 2.91 bits per heavy atom. The maximum absolute atomic E-state index is 11.9. The molecule has 8 heteroatoms. The van der Waals surface area contributed by atoms with Gasteiger partial charge in [0.05, 0.1) is 12.2 Å². The largest absolute Gasteiger partial charge is 0.342 e. The number of carbonyl (C=O) groups is 2. The Labute approximate surface area is 131 Å². The lowest BCUT2D eigenvalue weighted by Crippen LogP contribution is -2.33. The van der Waals surface area contributed by atoms with Gasteiger partial charge in [0.1, 0.15) is 5.69 Å². The molecule has 0 aromatic carbocycles. The highest BCUT2D eigenvalue weighted by Gasteiger charge is 2.17. The van der Waals surface area contributed by atoms with Crippen LogP contribution in [0.25, 0.3) is 0 Å². The first-order valence-electron chi connectivity index (χ1n) is 7.18. The highest BCUT2D eigenvalue weighted by Crippen LogP contribution is 2.29. The molecule has 0 atom stereocenters. The van der Waals surface area contributed by atoms with Crippen LogP contribution in [0.2, 0.25) is 0 Å². The fourth-order valence-electron chi connectivity index (χ4n) is 2.36. The van der Waals surface area contributed by atoms with Crippen LogP contribution < -0.4 is 10.6 Å². The van der Waals surface area contributed by atoms with Crippen LogP contribution in [0, 0.1) is 0 Å². The summed E-state index contributed by atoms with van der Waals surface area (Å²) in [5.74, 6) is -0.649. The highest BCUT2D eigenvalue weighted by molar-refractivity contribution is 7.15. The zero-order chi connectivity index (χ0) is 15.5. The summed E-state index contributed by atoms with van der Waals surface area (Å²) >= 11 is 1.53. The van der Waals surface area contributed by atoms with E-state index in [0.717, 1.165) is 25.0 Å². The van der Waals surface area contributed by atoms with Crippen LogP contribution in [0.5, 0.6) is 0 Å². The molecule has 7 nitrogen and oxygen atoms in total. The number of amides is 2. The Kier molecular flexibility index (Phi) is 4.19. The number of anilines is 1. The molecule has 1 aliphatic rings. The molecule has 0 unspecified atom stereocenters. The number of aromatic nitrogens is 3. The van der Waals surface area contributed by atoms with Crippen molar-refractivity contribution >= 4 is 28.3 Å². The molecule has 22 heavy (non-hydrogen) atoms. The van der Waals surface area contributed by atoms with Gasteiger partial charge in [0.15, 0.2) is 5.13 Å². The second-order valence-electron chi connectivity index (χ2n) is 5.20. The van der Waals surface area contributed by atoms with Crippen LogP contribution in [0.3, 0.4) is 0 Å². The second kappa shape index (κ2) is 6.27. The number of carbonyl (C=O) groups excluding carboxylic acids is 2. The summed E-state index contributed by atoms with van der Waals surface area (Å²) in [6.45, 7) is -0.0976. The van der Waals surface area contributed by atoms with Gasteiger partial charge >= 0.3 is 0 Å². The SMILES string of the molecule is Cn1ccc(C(=O)NCC(=O)Nc2nc3c(s2)CCCC3)n1. The molecule has 0 radical (unpaired) electrons. The minimum atomic E-state index is -0.366. The minimum absolute atomic E-state index is 0.0976. The summed E-state index contributed by atoms with van der Waals surface area (Å²) < 4.78 is 1.54. The van der Waals surface area contributed by atoms with Crippen LogP contribution in [0.15, 0.2) is 12.3 Å². The van der Waals surface area contributed by atoms with Crippen LogP contribution in [-0.2, 0) is 24.7 Å². The highest BCUT2D eigenvalue weighted by atomic mass is 32.1. The van der Waals surface area contributed by atoms with Gasteiger partial charge in [-0.1, -0.05) is 0 Å². The van der Waals surface area contributed by atoms with E-state index in [1.165, 1.54) is 27.3 Å². The zero-order valence-electron chi connectivity index (χ0n) is 12.3. The van der Waals surface area contributed by atoms with Crippen LogP contribution >= 0.6 is 11.3 Å². The number of hydrogen-bond donors (Lipinski definition) is 2. The first-order valence-corrected chi connectivity index (χ1v) is 8.00. The Balaban J connectivity index is 1.52. The average Bonchev–Trinajstić information content (AvgIpc) is 3.10. The molecule has 2 aromatic heterocycles. The first-order chi connectivity index (χ1) is 10.6. The van der Waals surface area contributed by atoms with Crippen molar-refractivity contribution in [2.75, 3.05) is 11.9 Å². The fourth-order valence-corrected chi connectivity index (χ4v) is 3.42. The summed E-state index contributed by atoms with van der Waals surface area (Å²) in [6, 6.07) is 1.60. The number of aryl methyl sites for hydroxylation is 3. The molecule has 0 fully saturated rings. The third-order valence-corrected chi connectivity index (χ3v) is 4.52. The second-order valence-corrected chi connectivity index (χ2v) is 6.29. The van der Waals surface area contributed by atoms with E-state index < -0.39 is 0 Å². The Hall–Kier alpha value is -2.22. The predicted molar refractivity (Wildman–Crippen MR) is 82.9 cm³/mol. The van der Waals surface area contributed by atoms with Gasteiger partial charge in [-0.25, -0.2) is 4.98 Å². The molecule has 1 aliphatic carbocycles. The van der Waals surface area contributed by atoms with E-state index in [9.17, 15) is 9.59 Å². The normalized spacial score (nSPS) is 13.5. The molecule has 2 aromatic rings. The van der Waals surface area contributed by atoms with Crippen LogP contribution in [-0.4, -0.2) is 33.1 Å². The van der Waals surface area contributed by atoms with E-state index in [4.69, 9.17) is 0 Å². The van der Waals surface area contributed by atoms with Gasteiger partial charge in [0.25, 0.3) is 5.91 Å². The number of nitrogens with one attached hydrogen (secondary N) is 2. The smallest absolute Gasteiger partial charge is 0.272 e. The van der Waals surface area contributed by atoms with Gasteiger partial charge in [-0.15, -0.1) is 11.3 Å². The van der Waals surface area contributed by atoms with E-state index in [1.54, 1.807) is 19.3 Å². The molecule has 2 amide bonds. The molecule has 3 rings (SSSR count). The molecular formula is C14H17N5O2S. The van der Waals surface area contributed by atoms with E-state index in [2.05, 4.69) is 20.7 Å². The maximum Gasteiger partial charge on any atom is 0.272 e. The van der Waals surface area contributed by atoms with Crippen molar-refractivity contribution in [1.29, 1.82) is 0 Å². The topological polar surface area (TPSA) is 88.9 Å². The molecule has 0 spiro atoms. The first kappa shape index (κ1) is 14.7. The van der Waals surface area contributed by atoms with E-state index in [0.29, 0.717) is 10.8 Å². The van der Waals surface area contributed by atoms with E-state index in [-0.39, 0.29) is 18.4 Å². The van der Waals surface area contributed by atoms with Crippen LogP contribution in [0.1, 0.15) is 33.9 Å².